The molecule has 0 aliphatic carbocycles. The summed E-state index contributed by atoms with van der Waals surface area (Å²) in [6, 6.07) is 0. The Morgan fingerprint density at radius 3 is 2.62 bits per heavy atom. The van der Waals surface area contributed by atoms with Crippen molar-refractivity contribution in [2.45, 2.75) is 24.6 Å². The molecule has 0 aliphatic rings. The largest absolute Gasteiger partial charge is 0.389 e. The fourth-order valence-corrected chi connectivity index (χ4v) is 2.34. The van der Waals surface area contributed by atoms with E-state index in [4.69, 9.17) is 0 Å². The van der Waals surface area contributed by atoms with Crippen LogP contribution in [-0.2, 0) is 9.84 Å². The second-order valence-corrected chi connectivity index (χ2v) is 5.27. The summed E-state index contributed by atoms with van der Waals surface area (Å²) in [4.78, 5) is 3.51. The van der Waals surface area contributed by atoms with Gasteiger partial charge in [-0.3, -0.25) is 5.10 Å². The monoisotopic (exact) mass is 205 g/mol. The highest BCUT2D eigenvalue weighted by molar-refractivity contribution is 7.91. The zero-order chi connectivity index (χ0) is 10.1. The summed E-state index contributed by atoms with van der Waals surface area (Å²) in [7, 11) is -3.55. The normalized spacial score (nSPS) is 13.2. The van der Waals surface area contributed by atoms with Crippen molar-refractivity contribution in [3.63, 3.8) is 0 Å². The van der Waals surface area contributed by atoms with Crippen molar-refractivity contribution in [3.05, 3.63) is 6.33 Å². The van der Waals surface area contributed by atoms with E-state index in [-0.39, 0.29) is 10.9 Å². The topological polar surface area (TPSA) is 95.9 Å². The van der Waals surface area contributed by atoms with Crippen LogP contribution in [0.3, 0.4) is 0 Å². The molecule has 0 spiro atoms. The maximum absolute atomic E-state index is 11.4. The summed E-state index contributed by atoms with van der Waals surface area (Å²) in [5.41, 5.74) is -1.27. The minimum Gasteiger partial charge on any atom is -0.389 e. The Balaban J connectivity index is 2.93. The second kappa shape index (κ2) is 3.08. The number of rotatable bonds is 3. The van der Waals surface area contributed by atoms with Gasteiger partial charge in [0.15, 0.2) is 0 Å². The lowest BCUT2D eigenvalue weighted by Crippen LogP contribution is -2.30. The van der Waals surface area contributed by atoms with Crippen LogP contribution in [0.25, 0.3) is 0 Å². The summed E-state index contributed by atoms with van der Waals surface area (Å²) in [6.07, 6.45) is 1.11. The van der Waals surface area contributed by atoms with Gasteiger partial charge in [-0.25, -0.2) is 13.4 Å². The van der Waals surface area contributed by atoms with Gasteiger partial charge in [0, 0.05) is 0 Å². The van der Waals surface area contributed by atoms with Gasteiger partial charge in [0.05, 0.1) is 11.4 Å². The molecule has 0 aromatic carbocycles. The van der Waals surface area contributed by atoms with E-state index in [1.807, 2.05) is 0 Å². The molecule has 0 fully saturated rings. The molecule has 6 nitrogen and oxygen atoms in total. The first-order chi connectivity index (χ1) is 5.81. The average molecular weight is 205 g/mol. The molecule has 0 atom stereocenters. The lowest BCUT2D eigenvalue weighted by atomic mass is 10.2. The van der Waals surface area contributed by atoms with Gasteiger partial charge in [0.1, 0.15) is 6.33 Å². The minimum atomic E-state index is -3.55. The predicted octanol–water partition coefficient (Wildman–Crippen LogP) is -0.651. The van der Waals surface area contributed by atoms with Gasteiger partial charge >= 0.3 is 0 Å². The zero-order valence-corrected chi connectivity index (χ0v) is 8.17. The zero-order valence-electron chi connectivity index (χ0n) is 7.35. The SMILES string of the molecule is CC(C)(O)CS(=O)(=O)c1ncn[nH]1. The number of hydrogen-bond donors (Lipinski definition) is 2. The van der Waals surface area contributed by atoms with Gasteiger partial charge in [-0.1, -0.05) is 0 Å². The Bertz CT molecular complexity index is 362. The Morgan fingerprint density at radius 1 is 1.62 bits per heavy atom. The van der Waals surface area contributed by atoms with Gasteiger partial charge in [-0.15, -0.1) is 0 Å². The van der Waals surface area contributed by atoms with Gasteiger partial charge < -0.3 is 5.11 Å². The molecule has 1 heterocycles. The summed E-state index contributed by atoms with van der Waals surface area (Å²) in [5, 5.41) is 14.8. The summed E-state index contributed by atoms with van der Waals surface area (Å²) in [6.45, 7) is 2.84. The lowest BCUT2D eigenvalue weighted by molar-refractivity contribution is 0.105. The first kappa shape index (κ1) is 10.1. The molecule has 0 saturated heterocycles. The number of nitrogens with zero attached hydrogens (tertiary/aromatic N) is 2. The van der Waals surface area contributed by atoms with Crippen LogP contribution in [0.15, 0.2) is 11.5 Å². The molecule has 13 heavy (non-hydrogen) atoms. The minimum absolute atomic E-state index is 0.213. The Hall–Kier alpha value is -0.950. The van der Waals surface area contributed by atoms with E-state index in [9.17, 15) is 13.5 Å². The smallest absolute Gasteiger partial charge is 0.243 e. The van der Waals surface area contributed by atoms with Crippen LogP contribution in [0, 0.1) is 0 Å². The van der Waals surface area contributed by atoms with Gasteiger partial charge in [0.2, 0.25) is 15.0 Å². The van der Waals surface area contributed by atoms with E-state index in [0.717, 1.165) is 6.33 Å². The number of nitrogens with one attached hydrogen (secondary N) is 1. The van der Waals surface area contributed by atoms with Gasteiger partial charge in [-0.05, 0) is 13.8 Å². The average Bonchev–Trinajstić information content (AvgIpc) is 2.29. The molecule has 74 valence electrons. The van der Waals surface area contributed by atoms with E-state index >= 15 is 0 Å². The second-order valence-electron chi connectivity index (χ2n) is 3.36. The number of hydrogen-bond acceptors (Lipinski definition) is 5. The van der Waals surface area contributed by atoms with Crippen molar-refractivity contribution < 1.29 is 13.5 Å². The summed E-state index contributed by atoms with van der Waals surface area (Å²) >= 11 is 0. The molecule has 0 unspecified atom stereocenters. The van der Waals surface area contributed by atoms with Gasteiger partial charge in [-0.2, -0.15) is 5.10 Å². The standard InChI is InChI=1S/C6H11N3O3S/c1-6(2,10)3-13(11,12)5-7-4-8-9-5/h4,10H,3H2,1-2H3,(H,7,8,9). The Labute approximate surface area is 75.9 Å². The van der Waals surface area contributed by atoms with Crippen molar-refractivity contribution in [1.29, 1.82) is 0 Å². The van der Waals surface area contributed by atoms with Crippen molar-refractivity contribution in [2.24, 2.45) is 0 Å². The molecule has 0 radical (unpaired) electrons. The maximum Gasteiger partial charge on any atom is 0.243 e. The van der Waals surface area contributed by atoms with E-state index in [0.29, 0.717) is 0 Å². The molecule has 0 saturated carbocycles. The highest BCUT2D eigenvalue weighted by atomic mass is 32.2. The van der Waals surface area contributed by atoms with Gasteiger partial charge in [0.25, 0.3) is 0 Å². The van der Waals surface area contributed by atoms with Crippen LogP contribution in [0.1, 0.15) is 13.8 Å². The van der Waals surface area contributed by atoms with Crippen molar-refractivity contribution in [2.75, 3.05) is 5.75 Å². The van der Waals surface area contributed by atoms with Crippen molar-refractivity contribution in [1.82, 2.24) is 15.2 Å². The highest BCUT2D eigenvalue weighted by Crippen LogP contribution is 2.11. The van der Waals surface area contributed by atoms with Crippen LogP contribution in [0.2, 0.25) is 0 Å². The lowest BCUT2D eigenvalue weighted by Gasteiger charge is -2.15. The molecular weight excluding hydrogens is 194 g/mol. The van der Waals surface area contributed by atoms with Crippen molar-refractivity contribution >= 4 is 9.84 Å². The van der Waals surface area contributed by atoms with Crippen molar-refractivity contribution in [3.8, 4) is 0 Å². The molecular formula is C6H11N3O3S. The summed E-state index contributed by atoms with van der Waals surface area (Å²) in [5.74, 6) is -0.380. The molecule has 0 bridgehead atoms. The third kappa shape index (κ3) is 2.78. The molecule has 1 rings (SSSR count). The van der Waals surface area contributed by atoms with E-state index in [1.165, 1.54) is 13.8 Å². The first-order valence-corrected chi connectivity index (χ1v) is 5.27. The predicted molar refractivity (Wildman–Crippen MR) is 44.7 cm³/mol. The number of sulfone groups is 1. The van der Waals surface area contributed by atoms with Crippen LogP contribution >= 0.6 is 0 Å². The fraction of sp³-hybridized carbons (Fsp3) is 0.667. The van der Waals surface area contributed by atoms with E-state index < -0.39 is 15.4 Å². The Kier molecular flexibility index (Phi) is 2.40. The maximum atomic E-state index is 11.4. The molecule has 2 N–H and O–H groups in total. The molecule has 7 heteroatoms. The number of H-pyrrole nitrogens is 1. The van der Waals surface area contributed by atoms with Crippen LogP contribution < -0.4 is 0 Å². The van der Waals surface area contributed by atoms with Crippen LogP contribution in [0.5, 0.6) is 0 Å². The molecule has 1 aromatic heterocycles. The third-order valence-corrected chi connectivity index (χ3v) is 3.10. The summed E-state index contributed by atoms with van der Waals surface area (Å²) < 4.78 is 22.8. The van der Waals surface area contributed by atoms with E-state index in [2.05, 4.69) is 15.2 Å². The molecule has 0 aliphatic heterocycles. The van der Waals surface area contributed by atoms with Crippen LogP contribution in [0.4, 0.5) is 0 Å². The molecule has 0 amide bonds. The number of aromatic amines is 1. The van der Waals surface area contributed by atoms with E-state index in [1.54, 1.807) is 0 Å². The quantitative estimate of drug-likeness (QED) is 0.683. The Morgan fingerprint density at radius 2 is 2.23 bits per heavy atom. The number of aliphatic hydroxyl groups is 1. The highest BCUT2D eigenvalue weighted by Gasteiger charge is 2.27. The first-order valence-electron chi connectivity index (χ1n) is 3.62. The van der Waals surface area contributed by atoms with Crippen LogP contribution in [-0.4, -0.2) is 40.1 Å². The number of aromatic nitrogens is 3. The third-order valence-electron chi connectivity index (χ3n) is 1.23. The fourth-order valence-electron chi connectivity index (χ4n) is 0.877. The molecule has 1 aromatic rings.